The maximum atomic E-state index is 13.3. The van der Waals surface area contributed by atoms with Gasteiger partial charge >= 0.3 is 0 Å². The zero-order valence-corrected chi connectivity index (χ0v) is 10.6. The van der Waals surface area contributed by atoms with Gasteiger partial charge in [0.1, 0.15) is 18.2 Å². The van der Waals surface area contributed by atoms with E-state index in [1.807, 2.05) is 24.3 Å². The van der Waals surface area contributed by atoms with Crippen LogP contribution in [0.4, 0.5) is 10.1 Å². The number of rotatable bonds is 2. The molecule has 5 heteroatoms. The molecule has 0 aromatic heterocycles. The van der Waals surface area contributed by atoms with Crippen molar-refractivity contribution in [1.29, 1.82) is 0 Å². The summed E-state index contributed by atoms with van der Waals surface area (Å²) in [4.78, 5) is 12.1. The first-order valence-corrected chi connectivity index (χ1v) is 6.22. The van der Waals surface area contributed by atoms with Crippen molar-refractivity contribution < 1.29 is 13.9 Å². The van der Waals surface area contributed by atoms with Gasteiger partial charge in [0, 0.05) is 16.8 Å². The number of amides is 1. The van der Waals surface area contributed by atoms with E-state index in [2.05, 4.69) is 5.32 Å². The van der Waals surface area contributed by atoms with Gasteiger partial charge in [0.25, 0.3) is 5.91 Å². The fourth-order valence-corrected chi connectivity index (χ4v) is 2.27. The quantitative estimate of drug-likeness (QED) is 0.824. The van der Waals surface area contributed by atoms with Crippen LogP contribution in [-0.2, 0) is 0 Å². The predicted octanol–water partition coefficient (Wildman–Crippen LogP) is 2.27. The van der Waals surface area contributed by atoms with Crippen LogP contribution in [0.25, 0.3) is 0 Å². The zero-order chi connectivity index (χ0) is 14.1. The third-order valence-corrected chi connectivity index (χ3v) is 3.19. The third kappa shape index (κ3) is 2.30. The molecule has 1 heterocycles. The summed E-state index contributed by atoms with van der Waals surface area (Å²) >= 11 is 0. The number of nitrogens with one attached hydrogen (secondary N) is 1. The number of hydrogen-bond acceptors (Lipinski definition) is 3. The average Bonchev–Trinajstić information content (AvgIpc) is 2.81. The van der Waals surface area contributed by atoms with E-state index in [1.54, 1.807) is 0 Å². The fraction of sp³-hybridized carbons (Fsp3) is 0.133. The second-order valence-electron chi connectivity index (χ2n) is 4.65. The van der Waals surface area contributed by atoms with Gasteiger partial charge < -0.3 is 15.8 Å². The summed E-state index contributed by atoms with van der Waals surface area (Å²) in [7, 11) is 0. The zero-order valence-electron chi connectivity index (χ0n) is 10.6. The smallest absolute Gasteiger partial charge is 0.252 e. The molecule has 2 aromatic rings. The number of ether oxygens (including phenoxy) is 1. The molecule has 20 heavy (non-hydrogen) atoms. The van der Waals surface area contributed by atoms with Gasteiger partial charge in [0.2, 0.25) is 0 Å². The highest BCUT2D eigenvalue weighted by Gasteiger charge is 2.25. The number of carbonyl (C=O) groups excluding carboxylic acids is 1. The lowest BCUT2D eigenvalue weighted by Gasteiger charge is -2.12. The lowest BCUT2D eigenvalue weighted by molar-refractivity contribution is 0.0930. The van der Waals surface area contributed by atoms with Crippen LogP contribution in [0.1, 0.15) is 22.0 Å². The molecule has 1 atom stereocenters. The molecule has 0 bridgehead atoms. The molecule has 0 radical (unpaired) electrons. The van der Waals surface area contributed by atoms with E-state index in [1.165, 1.54) is 12.1 Å². The van der Waals surface area contributed by atoms with E-state index in [0.29, 0.717) is 6.61 Å². The lowest BCUT2D eigenvalue weighted by atomic mass is 10.1. The molecule has 0 fully saturated rings. The number of hydrogen-bond donors (Lipinski definition) is 2. The Kier molecular flexibility index (Phi) is 3.02. The van der Waals surface area contributed by atoms with Crippen LogP contribution >= 0.6 is 0 Å². The molecule has 2 aromatic carbocycles. The Morgan fingerprint density at radius 3 is 2.90 bits per heavy atom. The van der Waals surface area contributed by atoms with Crippen LogP contribution in [0.15, 0.2) is 42.5 Å². The fourth-order valence-electron chi connectivity index (χ4n) is 2.27. The van der Waals surface area contributed by atoms with Gasteiger partial charge in [-0.15, -0.1) is 0 Å². The monoisotopic (exact) mass is 272 g/mol. The first kappa shape index (κ1) is 12.5. The summed E-state index contributed by atoms with van der Waals surface area (Å²) in [6, 6.07) is 11.0. The Morgan fingerprint density at radius 1 is 1.30 bits per heavy atom. The molecule has 3 N–H and O–H groups in total. The van der Waals surface area contributed by atoms with Crippen molar-refractivity contribution in [1.82, 2.24) is 5.32 Å². The average molecular weight is 272 g/mol. The molecular formula is C15H13FN2O2. The van der Waals surface area contributed by atoms with Crippen molar-refractivity contribution in [3.8, 4) is 5.75 Å². The van der Waals surface area contributed by atoms with Gasteiger partial charge in [0.15, 0.2) is 0 Å². The molecule has 102 valence electrons. The van der Waals surface area contributed by atoms with Crippen LogP contribution in [0.2, 0.25) is 0 Å². The van der Waals surface area contributed by atoms with E-state index < -0.39 is 5.82 Å². The van der Waals surface area contributed by atoms with Crippen molar-refractivity contribution in [3.63, 3.8) is 0 Å². The summed E-state index contributed by atoms with van der Waals surface area (Å²) < 4.78 is 18.7. The van der Waals surface area contributed by atoms with Crippen molar-refractivity contribution >= 4 is 11.6 Å². The molecule has 1 aliphatic rings. The van der Waals surface area contributed by atoms with E-state index >= 15 is 0 Å². The molecule has 1 amide bonds. The summed E-state index contributed by atoms with van der Waals surface area (Å²) in [6.07, 6.45) is 0. The van der Waals surface area contributed by atoms with E-state index in [4.69, 9.17) is 10.5 Å². The number of para-hydroxylation sites is 1. The molecule has 1 aliphatic heterocycles. The van der Waals surface area contributed by atoms with Gasteiger partial charge in [-0.05, 0) is 24.3 Å². The summed E-state index contributed by atoms with van der Waals surface area (Å²) in [5, 5.41) is 2.82. The van der Waals surface area contributed by atoms with Crippen molar-refractivity contribution in [2.75, 3.05) is 12.3 Å². The SMILES string of the molecule is Nc1cc(F)cc(C(=O)NC2COc3ccccc32)c1. The number of halogens is 1. The molecule has 0 spiro atoms. The second kappa shape index (κ2) is 4.85. The Hall–Kier alpha value is -2.56. The summed E-state index contributed by atoms with van der Waals surface area (Å²) in [5.41, 5.74) is 6.88. The van der Waals surface area contributed by atoms with Crippen molar-refractivity contribution in [2.24, 2.45) is 0 Å². The molecule has 1 unspecified atom stereocenters. The van der Waals surface area contributed by atoms with Crippen LogP contribution in [0, 0.1) is 5.82 Å². The number of nitrogen functional groups attached to an aromatic ring is 1. The van der Waals surface area contributed by atoms with Gasteiger partial charge in [-0.1, -0.05) is 18.2 Å². The topological polar surface area (TPSA) is 64.4 Å². The highest BCUT2D eigenvalue weighted by Crippen LogP contribution is 2.31. The largest absolute Gasteiger partial charge is 0.491 e. The predicted molar refractivity (Wildman–Crippen MR) is 73.0 cm³/mol. The highest BCUT2D eigenvalue weighted by molar-refractivity contribution is 5.95. The van der Waals surface area contributed by atoms with Crippen molar-refractivity contribution in [3.05, 3.63) is 59.4 Å². The van der Waals surface area contributed by atoms with E-state index in [0.717, 1.165) is 17.4 Å². The maximum absolute atomic E-state index is 13.3. The molecule has 3 rings (SSSR count). The van der Waals surface area contributed by atoms with Crippen LogP contribution < -0.4 is 15.8 Å². The number of carbonyl (C=O) groups is 1. The number of benzene rings is 2. The van der Waals surface area contributed by atoms with Gasteiger partial charge in [-0.3, -0.25) is 4.79 Å². The normalized spacial score (nSPS) is 16.4. The maximum Gasteiger partial charge on any atom is 0.252 e. The van der Waals surface area contributed by atoms with Crippen LogP contribution in [-0.4, -0.2) is 12.5 Å². The van der Waals surface area contributed by atoms with Crippen molar-refractivity contribution in [2.45, 2.75) is 6.04 Å². The number of anilines is 1. The Morgan fingerprint density at radius 2 is 2.10 bits per heavy atom. The molecule has 4 nitrogen and oxygen atoms in total. The standard InChI is InChI=1S/C15H13FN2O2/c16-10-5-9(6-11(17)7-10)15(19)18-13-8-20-14-4-2-1-3-12(13)14/h1-7,13H,8,17H2,(H,18,19). The van der Waals surface area contributed by atoms with E-state index in [9.17, 15) is 9.18 Å². The van der Waals surface area contributed by atoms with Gasteiger partial charge in [-0.2, -0.15) is 0 Å². The minimum Gasteiger partial charge on any atom is -0.491 e. The molecular weight excluding hydrogens is 259 g/mol. The second-order valence-corrected chi connectivity index (χ2v) is 4.65. The van der Waals surface area contributed by atoms with Gasteiger partial charge in [-0.25, -0.2) is 4.39 Å². The Balaban J connectivity index is 1.80. The van der Waals surface area contributed by atoms with E-state index in [-0.39, 0.29) is 23.2 Å². The van der Waals surface area contributed by atoms with Crippen LogP contribution in [0.5, 0.6) is 5.75 Å². The summed E-state index contributed by atoms with van der Waals surface area (Å²) in [6.45, 7) is 0.371. The molecule has 0 aliphatic carbocycles. The molecule has 0 saturated carbocycles. The first-order valence-electron chi connectivity index (χ1n) is 6.22. The Bertz CT molecular complexity index is 652. The summed E-state index contributed by atoms with van der Waals surface area (Å²) in [5.74, 6) is -0.142. The van der Waals surface area contributed by atoms with Gasteiger partial charge in [0.05, 0.1) is 6.04 Å². The first-order chi connectivity index (χ1) is 9.63. The Labute approximate surface area is 115 Å². The number of fused-ring (bicyclic) bond motifs is 1. The minimum atomic E-state index is -0.529. The molecule has 0 saturated heterocycles. The van der Waals surface area contributed by atoms with Crippen LogP contribution in [0.3, 0.4) is 0 Å². The lowest BCUT2D eigenvalue weighted by Crippen LogP contribution is -2.29. The third-order valence-electron chi connectivity index (χ3n) is 3.19. The number of nitrogens with two attached hydrogens (primary N) is 1. The minimum absolute atomic E-state index is 0.201. The highest BCUT2D eigenvalue weighted by atomic mass is 19.1.